The molecule has 6 rings (SSSR count). The Kier molecular flexibility index (Phi) is 5.31. The molecule has 1 aromatic rings. The van der Waals surface area contributed by atoms with Gasteiger partial charge in [0.2, 0.25) is 11.7 Å². The lowest BCUT2D eigenvalue weighted by Crippen LogP contribution is -2.66. The van der Waals surface area contributed by atoms with Crippen LogP contribution in [0.25, 0.3) is 0 Å². The zero-order chi connectivity index (χ0) is 28.4. The van der Waals surface area contributed by atoms with E-state index in [1.807, 2.05) is 26.0 Å². The molecule has 0 aliphatic heterocycles. The van der Waals surface area contributed by atoms with Crippen LogP contribution in [0.4, 0.5) is 0 Å². The molecule has 7 heteroatoms. The Morgan fingerprint density at radius 2 is 1.74 bits per heavy atom. The summed E-state index contributed by atoms with van der Waals surface area (Å²) in [6.45, 7) is 14.6. The molecule has 39 heavy (non-hydrogen) atoms. The molecule has 5 aliphatic carbocycles. The van der Waals surface area contributed by atoms with Crippen LogP contribution in [-0.4, -0.2) is 32.4 Å². The van der Waals surface area contributed by atoms with Crippen LogP contribution in [0.3, 0.4) is 0 Å². The summed E-state index contributed by atoms with van der Waals surface area (Å²) < 4.78 is 5.87. The molecular weight excluding hydrogens is 490 g/mol. The minimum absolute atomic E-state index is 0.00733. The van der Waals surface area contributed by atoms with E-state index in [2.05, 4.69) is 32.9 Å². The number of fused-ring (bicyclic) bond motifs is 7. The van der Waals surface area contributed by atoms with Crippen molar-refractivity contribution in [2.24, 2.45) is 39.4 Å². The lowest BCUT2D eigenvalue weighted by atomic mass is 9.34. The van der Waals surface area contributed by atoms with E-state index in [0.29, 0.717) is 18.1 Å². The van der Waals surface area contributed by atoms with Crippen molar-refractivity contribution in [3.63, 3.8) is 0 Å². The maximum absolute atomic E-state index is 14.5. The quantitative estimate of drug-likeness (QED) is 0.503. The van der Waals surface area contributed by atoms with Gasteiger partial charge in [-0.3, -0.25) is 9.59 Å². The van der Waals surface area contributed by atoms with Crippen LogP contribution in [0.5, 0.6) is 0 Å². The summed E-state index contributed by atoms with van der Waals surface area (Å²) in [5.74, 6) is 0.424. The topological polar surface area (TPSA) is 117 Å². The van der Waals surface area contributed by atoms with Gasteiger partial charge in [0.05, 0.1) is 11.0 Å². The van der Waals surface area contributed by atoms with Crippen LogP contribution in [0.2, 0.25) is 0 Å². The van der Waals surface area contributed by atoms with Gasteiger partial charge in [-0.1, -0.05) is 51.4 Å². The largest absolute Gasteiger partial charge is 0.382 e. The zero-order valence-corrected chi connectivity index (χ0v) is 24.4. The van der Waals surface area contributed by atoms with Gasteiger partial charge in [-0.25, -0.2) is 0 Å². The van der Waals surface area contributed by atoms with E-state index in [9.17, 15) is 20.0 Å². The summed E-state index contributed by atoms with van der Waals surface area (Å²) in [7, 11) is 0. The van der Waals surface area contributed by atoms with Crippen molar-refractivity contribution in [3.8, 4) is 6.07 Å². The first-order valence-corrected chi connectivity index (χ1v) is 14.5. The number of ketones is 2. The molecule has 1 N–H and O–H groups in total. The molecule has 0 radical (unpaired) electrons. The Labute approximate surface area is 231 Å². The van der Waals surface area contributed by atoms with E-state index in [4.69, 9.17) is 9.51 Å². The van der Waals surface area contributed by atoms with Crippen LogP contribution in [0.15, 0.2) is 27.8 Å². The first-order chi connectivity index (χ1) is 18.1. The molecule has 3 saturated carbocycles. The lowest BCUT2D eigenvalue weighted by Gasteiger charge is -2.68. The van der Waals surface area contributed by atoms with E-state index in [-0.39, 0.29) is 50.8 Å². The molecule has 7 nitrogen and oxygen atoms in total. The fourth-order valence-corrected chi connectivity index (χ4v) is 10.2. The Balaban J connectivity index is 1.54. The lowest BCUT2D eigenvalue weighted by molar-refractivity contribution is -0.167. The second-order valence-electron chi connectivity index (χ2n) is 15.0. The highest BCUT2D eigenvalue weighted by molar-refractivity contribution is 6.06. The first-order valence-electron chi connectivity index (χ1n) is 14.5. The number of nitriles is 1. The standard InChI is InChI=1S/C32H41N3O4/c1-18-34-26(39-35-18)32-12-10-27(2,3)16-20(32)24-21(36)14-23-28(4)15-19(17-33)25(37)31(7,38)22(28)8-9-29(23,5)30(24,6)11-13-32/h14-15,20,22,24,38H,8-13,16H2,1-7H3/t20?,22-,24?,28+,29-,30-,31+,32+/m1/s1. The highest BCUT2D eigenvalue weighted by atomic mass is 16.5. The van der Waals surface area contributed by atoms with Gasteiger partial charge in [0.15, 0.2) is 11.6 Å². The van der Waals surface area contributed by atoms with Gasteiger partial charge in [-0.15, -0.1) is 0 Å². The van der Waals surface area contributed by atoms with Crippen LogP contribution in [0, 0.1) is 57.7 Å². The number of Topliss-reactive ketones (excluding diaryl/α,β-unsaturated/α-hetero) is 1. The molecule has 0 amide bonds. The predicted molar refractivity (Wildman–Crippen MR) is 144 cm³/mol. The number of aryl methyl sites for hydroxylation is 1. The van der Waals surface area contributed by atoms with Crippen molar-refractivity contribution >= 4 is 11.6 Å². The maximum atomic E-state index is 14.5. The minimum Gasteiger partial charge on any atom is -0.382 e. The van der Waals surface area contributed by atoms with E-state index in [1.54, 1.807) is 13.0 Å². The fraction of sp³-hybridized carbons (Fsp3) is 0.719. The second kappa shape index (κ2) is 7.78. The normalized spacial score (nSPS) is 46.6. The Hall–Kier alpha value is -2.59. The smallest absolute Gasteiger partial charge is 0.233 e. The number of hydrogen-bond donors (Lipinski definition) is 1. The SMILES string of the molecule is Cc1noc([C@]23CCC(C)(C)CC2C2C(=O)C=C4[C@@]5(C)C=C(C#N)C(=O)[C@@](C)(O)[C@@H]5CC[C@@]4(C)[C@]2(C)CC3)n1. The van der Waals surface area contributed by atoms with E-state index in [1.165, 1.54) is 0 Å². The highest BCUT2D eigenvalue weighted by Crippen LogP contribution is 2.74. The Morgan fingerprint density at radius 3 is 2.38 bits per heavy atom. The van der Waals surface area contributed by atoms with Crippen LogP contribution < -0.4 is 0 Å². The van der Waals surface area contributed by atoms with Gasteiger partial charge in [0.1, 0.15) is 11.7 Å². The van der Waals surface area contributed by atoms with Crippen LogP contribution in [-0.2, 0) is 15.0 Å². The fourth-order valence-electron chi connectivity index (χ4n) is 10.2. The van der Waals surface area contributed by atoms with Crippen molar-refractivity contribution < 1.29 is 19.2 Å². The third-order valence-electron chi connectivity index (χ3n) is 12.5. The molecule has 8 atom stereocenters. The highest BCUT2D eigenvalue weighted by Gasteiger charge is 2.71. The molecule has 0 spiro atoms. The van der Waals surface area contributed by atoms with Gasteiger partial charge < -0.3 is 9.63 Å². The molecule has 1 heterocycles. The maximum Gasteiger partial charge on any atom is 0.233 e. The van der Waals surface area contributed by atoms with Crippen molar-refractivity contribution in [3.05, 3.63) is 35.0 Å². The average molecular weight is 532 g/mol. The van der Waals surface area contributed by atoms with Gasteiger partial charge >= 0.3 is 0 Å². The monoisotopic (exact) mass is 531 g/mol. The summed E-state index contributed by atoms with van der Waals surface area (Å²) in [5.41, 5.74) is -2.31. The summed E-state index contributed by atoms with van der Waals surface area (Å²) in [6.07, 6.45) is 9.67. The minimum atomic E-state index is -1.65. The molecule has 3 fully saturated rings. The second-order valence-corrected chi connectivity index (χ2v) is 15.0. The van der Waals surface area contributed by atoms with Crippen LogP contribution >= 0.6 is 0 Å². The number of aliphatic hydroxyl groups is 1. The van der Waals surface area contributed by atoms with E-state index < -0.39 is 16.8 Å². The number of hydrogen-bond acceptors (Lipinski definition) is 7. The third-order valence-corrected chi connectivity index (χ3v) is 12.5. The summed E-state index contributed by atoms with van der Waals surface area (Å²) in [5, 5.41) is 25.4. The van der Waals surface area contributed by atoms with Gasteiger partial charge in [-0.05, 0) is 87.0 Å². The first kappa shape index (κ1) is 26.6. The molecule has 2 unspecified atom stereocenters. The summed E-state index contributed by atoms with van der Waals surface area (Å²) >= 11 is 0. The Bertz CT molecular complexity index is 1390. The number of carbonyl (C=O) groups excluding carboxylic acids is 2. The number of allylic oxidation sites excluding steroid dienone is 3. The van der Waals surface area contributed by atoms with Gasteiger partial charge in [0, 0.05) is 17.3 Å². The summed E-state index contributed by atoms with van der Waals surface area (Å²) in [6, 6.07) is 2.04. The molecule has 0 saturated heterocycles. The Morgan fingerprint density at radius 1 is 1.05 bits per heavy atom. The molecule has 1 aromatic heterocycles. The van der Waals surface area contributed by atoms with Crippen molar-refractivity contribution in [1.82, 2.24) is 10.1 Å². The molecule has 208 valence electrons. The number of aromatic nitrogens is 2. The van der Waals surface area contributed by atoms with E-state index in [0.717, 1.165) is 44.1 Å². The van der Waals surface area contributed by atoms with Crippen molar-refractivity contribution in [2.75, 3.05) is 0 Å². The molecule has 0 bridgehead atoms. The average Bonchev–Trinajstić information content (AvgIpc) is 3.29. The third kappa shape index (κ3) is 3.18. The number of carbonyl (C=O) groups is 2. The number of nitrogens with zero attached hydrogens (tertiary/aromatic N) is 3. The predicted octanol–water partition coefficient (Wildman–Crippen LogP) is 5.57. The zero-order valence-electron chi connectivity index (χ0n) is 24.4. The molecule has 5 aliphatic rings. The van der Waals surface area contributed by atoms with Gasteiger partial charge in [0.25, 0.3) is 0 Å². The van der Waals surface area contributed by atoms with Crippen molar-refractivity contribution in [1.29, 1.82) is 5.26 Å². The molecular formula is C32H41N3O4. The van der Waals surface area contributed by atoms with E-state index >= 15 is 0 Å². The van der Waals surface area contributed by atoms with Crippen molar-refractivity contribution in [2.45, 2.75) is 104 Å². The van der Waals surface area contributed by atoms with Crippen LogP contribution in [0.1, 0.15) is 98.2 Å². The molecule has 0 aromatic carbocycles. The number of rotatable bonds is 1. The van der Waals surface area contributed by atoms with Gasteiger partial charge in [-0.2, -0.15) is 10.2 Å². The summed E-state index contributed by atoms with van der Waals surface area (Å²) in [4.78, 5) is 32.3.